The predicted molar refractivity (Wildman–Crippen MR) is 135 cm³/mol. The first-order valence-corrected chi connectivity index (χ1v) is 13.4. The summed E-state index contributed by atoms with van der Waals surface area (Å²) in [5, 5.41) is 8.04. The van der Waals surface area contributed by atoms with Crippen molar-refractivity contribution < 1.29 is 19.0 Å². The van der Waals surface area contributed by atoms with Crippen LogP contribution in [0.3, 0.4) is 0 Å². The average molecular weight is 517 g/mol. The van der Waals surface area contributed by atoms with Crippen LogP contribution in [0.4, 0.5) is 15.2 Å². The lowest BCUT2D eigenvalue weighted by atomic mass is 10.2. The maximum atomic E-state index is 14.0. The molecule has 0 saturated carbocycles. The van der Waals surface area contributed by atoms with Crippen LogP contribution in [0.15, 0.2) is 65.1 Å². The van der Waals surface area contributed by atoms with Gasteiger partial charge in [-0.05, 0) is 49.4 Å². The SMILES string of the molecule is C[C@H](C(=O)N1CCN(c2ccc(S(=O)(=O)Nc3nncs3)cc2)CC1)n1ccc2c(F)cccc21.[HH]. The second-order valence-corrected chi connectivity index (χ2v) is 10.7. The number of carbonyl (C=O) groups excluding carboxylic acids is 1. The Bertz CT molecular complexity index is 1450. The quantitative estimate of drug-likeness (QED) is 0.420. The summed E-state index contributed by atoms with van der Waals surface area (Å²) in [5.74, 6) is -0.320. The number of hydrogen-bond donors (Lipinski definition) is 1. The third-order valence-corrected chi connectivity index (χ3v) is 8.26. The molecule has 3 heterocycles. The Morgan fingerprint density at radius 1 is 1.11 bits per heavy atom. The van der Waals surface area contributed by atoms with Crippen LogP contribution in [0.2, 0.25) is 0 Å². The van der Waals surface area contributed by atoms with Crippen LogP contribution < -0.4 is 9.62 Å². The third kappa shape index (κ3) is 4.58. The number of nitrogens with one attached hydrogen (secondary N) is 1. The number of aromatic nitrogens is 3. The molecule has 0 radical (unpaired) electrons. The molecule has 5 rings (SSSR count). The van der Waals surface area contributed by atoms with Gasteiger partial charge in [0.1, 0.15) is 17.4 Å². The second-order valence-electron chi connectivity index (χ2n) is 8.23. The number of halogens is 1. The lowest BCUT2D eigenvalue weighted by Crippen LogP contribution is -2.50. The van der Waals surface area contributed by atoms with Gasteiger partial charge in [0, 0.05) is 44.9 Å². The summed E-state index contributed by atoms with van der Waals surface area (Å²) >= 11 is 1.10. The molecule has 1 N–H and O–H groups in total. The van der Waals surface area contributed by atoms with Gasteiger partial charge < -0.3 is 14.4 Å². The number of anilines is 2. The van der Waals surface area contributed by atoms with Crippen molar-refractivity contribution in [2.75, 3.05) is 35.8 Å². The van der Waals surface area contributed by atoms with Crippen LogP contribution in [-0.2, 0) is 14.8 Å². The van der Waals surface area contributed by atoms with Gasteiger partial charge in [-0.1, -0.05) is 17.4 Å². The van der Waals surface area contributed by atoms with E-state index in [0.29, 0.717) is 37.1 Å². The van der Waals surface area contributed by atoms with Gasteiger partial charge in [-0.15, -0.1) is 10.2 Å². The highest BCUT2D eigenvalue weighted by Crippen LogP contribution is 2.25. The highest BCUT2D eigenvalue weighted by atomic mass is 32.2. The first-order chi connectivity index (χ1) is 16.8. The summed E-state index contributed by atoms with van der Waals surface area (Å²) < 4.78 is 43.3. The van der Waals surface area contributed by atoms with Crippen molar-refractivity contribution in [3.05, 3.63) is 66.1 Å². The highest BCUT2D eigenvalue weighted by Gasteiger charge is 2.27. The summed E-state index contributed by atoms with van der Waals surface area (Å²) in [6, 6.07) is 12.7. The van der Waals surface area contributed by atoms with Crippen molar-refractivity contribution in [3.8, 4) is 0 Å². The summed E-state index contributed by atoms with van der Waals surface area (Å²) in [5.41, 5.74) is 3.03. The van der Waals surface area contributed by atoms with E-state index >= 15 is 0 Å². The molecule has 1 fully saturated rings. The third-order valence-electron chi connectivity index (χ3n) is 6.17. The molecule has 0 unspecified atom stereocenters. The van der Waals surface area contributed by atoms with Crippen LogP contribution >= 0.6 is 11.3 Å². The van der Waals surface area contributed by atoms with E-state index in [1.165, 1.54) is 11.6 Å². The Hall–Kier alpha value is -3.51. The van der Waals surface area contributed by atoms with Crippen LogP contribution in [0.25, 0.3) is 10.9 Å². The summed E-state index contributed by atoms with van der Waals surface area (Å²) in [6.45, 7) is 4.14. The largest absolute Gasteiger partial charge is 0.368 e. The maximum Gasteiger partial charge on any atom is 0.263 e. The first-order valence-electron chi connectivity index (χ1n) is 11.0. The van der Waals surface area contributed by atoms with Crippen LogP contribution in [-0.4, -0.2) is 60.2 Å². The minimum atomic E-state index is -3.74. The fourth-order valence-corrected chi connectivity index (χ4v) is 5.98. The molecule has 12 heteroatoms. The predicted octanol–water partition coefficient (Wildman–Crippen LogP) is 3.59. The number of fused-ring (bicyclic) bond motifs is 1. The zero-order valence-electron chi connectivity index (χ0n) is 18.8. The highest BCUT2D eigenvalue weighted by molar-refractivity contribution is 7.93. The van der Waals surface area contributed by atoms with E-state index in [-0.39, 0.29) is 23.2 Å². The molecule has 35 heavy (non-hydrogen) atoms. The molecule has 9 nitrogen and oxygen atoms in total. The summed E-state index contributed by atoms with van der Waals surface area (Å²) in [7, 11) is -3.74. The Kier molecular flexibility index (Phi) is 6.15. The molecule has 4 aromatic rings. The Balaban J connectivity index is 0.00000304. The molecule has 184 valence electrons. The zero-order chi connectivity index (χ0) is 24.6. The van der Waals surface area contributed by atoms with Gasteiger partial charge in [0.05, 0.1) is 10.4 Å². The minimum Gasteiger partial charge on any atom is -0.368 e. The number of amides is 1. The molecule has 1 aliphatic heterocycles. The lowest BCUT2D eigenvalue weighted by molar-refractivity contribution is -0.134. The van der Waals surface area contributed by atoms with Crippen molar-refractivity contribution in [2.24, 2.45) is 0 Å². The van der Waals surface area contributed by atoms with E-state index < -0.39 is 16.1 Å². The molecule has 2 aromatic heterocycles. The fourth-order valence-electron chi connectivity index (χ4n) is 4.28. The van der Waals surface area contributed by atoms with Gasteiger partial charge in [-0.25, -0.2) is 12.8 Å². The van der Waals surface area contributed by atoms with Crippen molar-refractivity contribution in [1.82, 2.24) is 19.7 Å². The van der Waals surface area contributed by atoms with E-state index in [1.54, 1.807) is 42.6 Å². The van der Waals surface area contributed by atoms with Crippen LogP contribution in [0, 0.1) is 5.82 Å². The molecule has 2 aromatic carbocycles. The second kappa shape index (κ2) is 9.27. The van der Waals surface area contributed by atoms with Gasteiger partial charge in [-0.3, -0.25) is 9.52 Å². The number of nitrogens with zero attached hydrogens (tertiary/aromatic N) is 5. The molecule has 0 aliphatic carbocycles. The van der Waals surface area contributed by atoms with Crippen molar-refractivity contribution in [2.45, 2.75) is 17.9 Å². The average Bonchev–Trinajstić information content (AvgIpc) is 3.54. The molecule has 0 spiro atoms. The van der Waals surface area contributed by atoms with Gasteiger partial charge >= 0.3 is 0 Å². The number of carbonyl (C=O) groups is 1. The number of sulfonamides is 1. The van der Waals surface area contributed by atoms with Gasteiger partial charge in [0.2, 0.25) is 11.0 Å². The standard InChI is InChI=1S/C23H23FN6O3S2.H2/c1-16(30-10-9-19-20(24)3-2-4-21(19)30)22(31)29-13-11-28(12-14-29)17-5-7-18(8-6-17)35(32,33)27-23-26-25-15-34-23;/h2-10,15-16H,11-14H2,1H3,(H,26,27);1H/t16-;/m1./s1. The fraction of sp³-hybridized carbons (Fsp3) is 0.261. The van der Waals surface area contributed by atoms with E-state index in [1.807, 2.05) is 22.5 Å². The van der Waals surface area contributed by atoms with Crippen molar-refractivity contribution in [3.63, 3.8) is 0 Å². The molecule has 0 bridgehead atoms. The van der Waals surface area contributed by atoms with E-state index in [4.69, 9.17) is 0 Å². The first kappa shape index (κ1) is 23.2. The van der Waals surface area contributed by atoms with Crippen molar-refractivity contribution in [1.29, 1.82) is 0 Å². The topological polar surface area (TPSA) is 100 Å². The number of hydrogen-bond acceptors (Lipinski definition) is 7. The van der Waals surface area contributed by atoms with Crippen LogP contribution in [0.1, 0.15) is 14.4 Å². The van der Waals surface area contributed by atoms with Gasteiger partial charge in [0.25, 0.3) is 10.0 Å². The monoisotopic (exact) mass is 516 g/mol. The lowest BCUT2D eigenvalue weighted by Gasteiger charge is -2.37. The Morgan fingerprint density at radius 2 is 1.86 bits per heavy atom. The van der Waals surface area contributed by atoms with E-state index in [0.717, 1.165) is 17.0 Å². The smallest absolute Gasteiger partial charge is 0.263 e. The molecular formula is C23H25FN6O3S2. The van der Waals surface area contributed by atoms with Crippen LogP contribution in [0.5, 0.6) is 0 Å². The van der Waals surface area contributed by atoms with Gasteiger partial charge in [0.15, 0.2) is 0 Å². The minimum absolute atomic E-state index is 0. The summed E-state index contributed by atoms with van der Waals surface area (Å²) in [4.78, 5) is 17.2. The van der Waals surface area contributed by atoms with Crippen molar-refractivity contribution >= 4 is 49.0 Å². The Morgan fingerprint density at radius 3 is 2.54 bits per heavy atom. The number of rotatable bonds is 6. The number of piperazine rings is 1. The van der Waals surface area contributed by atoms with E-state index in [9.17, 15) is 17.6 Å². The molecule has 1 atom stereocenters. The number of benzene rings is 2. The normalized spacial score (nSPS) is 15.4. The van der Waals surface area contributed by atoms with Gasteiger partial charge in [-0.2, -0.15) is 0 Å². The molecule has 1 saturated heterocycles. The molecule has 1 aliphatic rings. The maximum absolute atomic E-state index is 14.0. The Labute approximate surface area is 207 Å². The van der Waals surface area contributed by atoms with E-state index in [2.05, 4.69) is 19.8 Å². The summed E-state index contributed by atoms with van der Waals surface area (Å²) in [6.07, 6.45) is 1.75. The molecule has 1 amide bonds. The zero-order valence-corrected chi connectivity index (χ0v) is 20.5. The molecular weight excluding hydrogens is 491 g/mol.